The Morgan fingerprint density at radius 1 is 0.727 bits per heavy atom. The molecule has 7 rings (SSSR count). The molecule has 0 aliphatic heterocycles. The molecule has 0 saturated carbocycles. The number of aryl methyl sites for hydroxylation is 1. The Labute approximate surface area is 400 Å². The number of aromatic nitrogens is 5. The van der Waals surface area contributed by atoms with Gasteiger partial charge in [-0.15, -0.1) is 26.3 Å². The molecule has 1 atom stereocenters. The molecule has 26 heteroatoms. The second-order valence-electron chi connectivity index (χ2n) is 13.2. The normalized spacial score (nSPS) is 12.0. The van der Waals surface area contributed by atoms with Gasteiger partial charge in [0.1, 0.15) is 17.3 Å². The highest BCUT2D eigenvalue weighted by Crippen LogP contribution is 2.61. The number of hydrogen-bond acceptors (Lipinski definition) is 13. The van der Waals surface area contributed by atoms with Crippen LogP contribution in [0.15, 0.2) is 119 Å². The lowest BCUT2D eigenvalue weighted by Crippen LogP contribution is -2.39. The standard InChI is InChI=1S/C20H15BrF3N3O4.C20H13BrF3N3O3.Cl3OP/c1-11(16(28)10-12-3-2-4-14(21)9-12)25-18(29)19-26-17(27-31-19)13-5-7-15(8-6-13)30-20(22,23)24;1-11-16(10-12-3-2-4-14(21)9-12)28-18(25-11)19-26-17(27-30-19)13-5-7-15(8-6-13)29-20(22,23)24;1-5(2,3)4/h2-9,11H,10H2,1H3,(H,25,29);2-9H,10H2,1H3;. The molecular weight excluding hydrogens is 1100 g/mol. The number of nitrogens with one attached hydrogen (secondary N) is 1. The highest BCUT2D eigenvalue weighted by Gasteiger charge is 2.32. The molecule has 1 amide bonds. The predicted molar refractivity (Wildman–Crippen MR) is 235 cm³/mol. The van der Waals surface area contributed by atoms with Gasteiger partial charge in [0, 0.05) is 32.9 Å². The summed E-state index contributed by atoms with van der Waals surface area (Å²) in [6.07, 6.45) is -8.89. The van der Waals surface area contributed by atoms with Gasteiger partial charge < -0.3 is 28.3 Å². The number of halogens is 11. The lowest BCUT2D eigenvalue weighted by Gasteiger charge is -2.11. The number of benzene rings is 4. The Morgan fingerprint density at radius 3 is 1.73 bits per heavy atom. The number of carbonyl (C=O) groups excluding carboxylic acids is 2. The Hall–Kier alpha value is -5.25. The lowest BCUT2D eigenvalue weighted by molar-refractivity contribution is -0.275. The van der Waals surface area contributed by atoms with Gasteiger partial charge in [0.15, 0.2) is 5.78 Å². The fourth-order valence-corrected chi connectivity index (χ4v) is 6.22. The Balaban J connectivity index is 0.000000225. The minimum absolute atomic E-state index is 0.00294. The number of alkyl halides is 6. The van der Waals surface area contributed by atoms with E-state index in [-0.39, 0.29) is 47.3 Å². The molecule has 4 aromatic carbocycles. The van der Waals surface area contributed by atoms with Crippen molar-refractivity contribution in [3.63, 3.8) is 0 Å². The molecule has 3 heterocycles. The zero-order valence-electron chi connectivity index (χ0n) is 33.3. The third-order valence-electron chi connectivity index (χ3n) is 8.17. The molecule has 0 fully saturated rings. The van der Waals surface area contributed by atoms with Crippen LogP contribution in [-0.4, -0.2) is 55.7 Å². The number of carbonyl (C=O) groups is 2. The number of rotatable bonds is 12. The smallest absolute Gasteiger partial charge is 0.437 e. The van der Waals surface area contributed by atoms with Gasteiger partial charge in [0.25, 0.3) is 5.89 Å². The van der Waals surface area contributed by atoms with Crippen molar-refractivity contribution < 1.29 is 63.4 Å². The molecular formula is C40H28Br2Cl3F6N6O8P. The zero-order valence-corrected chi connectivity index (χ0v) is 39.7. The van der Waals surface area contributed by atoms with Crippen LogP contribution in [0.4, 0.5) is 26.3 Å². The van der Waals surface area contributed by atoms with Crippen molar-refractivity contribution in [3.05, 3.63) is 134 Å². The van der Waals surface area contributed by atoms with Crippen LogP contribution in [0.1, 0.15) is 40.2 Å². The maximum atomic E-state index is 12.4. The van der Waals surface area contributed by atoms with Gasteiger partial charge in [-0.2, -0.15) is 9.97 Å². The topological polar surface area (TPSA) is 186 Å². The molecule has 14 nitrogen and oxygen atoms in total. The van der Waals surface area contributed by atoms with Crippen LogP contribution in [0.25, 0.3) is 34.6 Å². The summed E-state index contributed by atoms with van der Waals surface area (Å²) >= 11 is 20.6. The van der Waals surface area contributed by atoms with E-state index in [4.69, 9.17) is 13.5 Å². The van der Waals surface area contributed by atoms with E-state index < -0.39 is 35.6 Å². The monoisotopic (exact) mass is 1130 g/mol. The highest BCUT2D eigenvalue weighted by atomic mass is 79.9. The van der Waals surface area contributed by atoms with E-state index in [1.807, 2.05) is 43.3 Å². The van der Waals surface area contributed by atoms with Gasteiger partial charge in [-0.1, -0.05) is 66.4 Å². The summed E-state index contributed by atoms with van der Waals surface area (Å²) in [4.78, 5) is 37.2. The van der Waals surface area contributed by atoms with E-state index >= 15 is 0 Å². The van der Waals surface area contributed by atoms with Crippen LogP contribution >= 0.6 is 70.8 Å². The summed E-state index contributed by atoms with van der Waals surface area (Å²) in [6, 6.07) is 24.2. The Bertz CT molecular complexity index is 2800. The van der Waals surface area contributed by atoms with E-state index in [2.05, 4.69) is 106 Å². The van der Waals surface area contributed by atoms with E-state index in [1.54, 1.807) is 12.1 Å². The van der Waals surface area contributed by atoms with Gasteiger partial charge in [-0.05, 0) is 131 Å². The minimum atomic E-state index is -4.80. The largest absolute Gasteiger partial charge is 0.573 e. The first-order valence-electron chi connectivity index (χ1n) is 18.3. The molecule has 0 aliphatic carbocycles. The summed E-state index contributed by atoms with van der Waals surface area (Å²) in [6.45, 7) is 3.35. The molecule has 0 bridgehead atoms. The highest BCUT2D eigenvalue weighted by molar-refractivity contribution is 9.10. The number of nitrogens with zero attached hydrogens (tertiary/aromatic N) is 5. The molecule has 1 N–H and O–H groups in total. The first-order chi connectivity index (χ1) is 30.9. The molecule has 0 radical (unpaired) electrons. The average Bonchev–Trinajstić information content (AvgIpc) is 3.98. The maximum absolute atomic E-state index is 12.4. The van der Waals surface area contributed by atoms with E-state index in [0.717, 1.165) is 32.2 Å². The summed E-state index contributed by atoms with van der Waals surface area (Å²) in [5.41, 5.74) is 3.30. The molecule has 7 aromatic rings. The minimum Gasteiger partial charge on any atom is -0.437 e. The molecule has 0 spiro atoms. The van der Waals surface area contributed by atoms with Crippen LogP contribution in [-0.2, 0) is 22.2 Å². The van der Waals surface area contributed by atoms with Crippen LogP contribution in [0.2, 0.25) is 0 Å². The molecule has 348 valence electrons. The fraction of sp³-hybridized carbons (Fsp3) is 0.175. The molecule has 0 aliphatic rings. The van der Waals surface area contributed by atoms with Crippen LogP contribution < -0.4 is 14.8 Å². The van der Waals surface area contributed by atoms with Crippen LogP contribution in [0.5, 0.6) is 11.5 Å². The van der Waals surface area contributed by atoms with Crippen LogP contribution in [0, 0.1) is 6.92 Å². The third-order valence-corrected chi connectivity index (χ3v) is 9.15. The van der Waals surface area contributed by atoms with E-state index in [9.17, 15) is 40.5 Å². The van der Waals surface area contributed by atoms with Gasteiger partial charge in [-0.25, -0.2) is 4.98 Å². The number of oxazole rings is 1. The van der Waals surface area contributed by atoms with Crippen molar-refractivity contribution >= 4 is 82.5 Å². The summed E-state index contributed by atoms with van der Waals surface area (Å²) in [5, 5.41) is 6.75. The van der Waals surface area contributed by atoms with Crippen molar-refractivity contribution in [2.24, 2.45) is 0 Å². The molecule has 66 heavy (non-hydrogen) atoms. The summed E-state index contributed by atoms with van der Waals surface area (Å²) in [7, 11) is 0. The van der Waals surface area contributed by atoms with E-state index in [1.165, 1.54) is 43.3 Å². The summed E-state index contributed by atoms with van der Waals surface area (Å²) in [5.74, 6) is -0.991. The van der Waals surface area contributed by atoms with E-state index in [0.29, 0.717) is 29.0 Å². The van der Waals surface area contributed by atoms with Gasteiger partial charge in [0.2, 0.25) is 11.6 Å². The lowest BCUT2D eigenvalue weighted by atomic mass is 10.0. The second kappa shape index (κ2) is 22.5. The third kappa shape index (κ3) is 17.2. The van der Waals surface area contributed by atoms with Crippen molar-refractivity contribution in [2.45, 2.75) is 45.5 Å². The quantitative estimate of drug-likeness (QED) is 0.0901. The molecule has 1 unspecified atom stereocenters. The van der Waals surface area contributed by atoms with Gasteiger partial charge >= 0.3 is 35.6 Å². The molecule has 3 aromatic heterocycles. The average molecular weight is 1130 g/mol. The van der Waals surface area contributed by atoms with Crippen molar-refractivity contribution in [3.8, 4) is 46.1 Å². The van der Waals surface area contributed by atoms with Gasteiger partial charge in [0.05, 0.1) is 11.7 Å². The SMILES string of the molecule is CC(NC(=O)c1nc(-c2ccc(OC(F)(F)F)cc2)no1)C(=O)Cc1cccc(Br)c1.Cc1nc(-c2nc(-c3ccc(OC(F)(F)F)cc3)no2)oc1Cc1cccc(Br)c1.O=P(Cl)(Cl)Cl. The second-order valence-corrected chi connectivity index (χ2v) is 21.7. The fourth-order valence-electron chi connectivity index (χ4n) is 5.33. The Morgan fingerprint density at radius 2 is 1.21 bits per heavy atom. The number of Topliss-reactive ketones (excluding diaryl/α,β-unsaturated/α-hetero) is 1. The van der Waals surface area contributed by atoms with Crippen molar-refractivity contribution in [2.75, 3.05) is 0 Å². The number of ketones is 1. The predicted octanol–water partition coefficient (Wildman–Crippen LogP) is 13.1. The Kier molecular flexibility index (Phi) is 17.6. The van der Waals surface area contributed by atoms with Crippen LogP contribution in [0.3, 0.4) is 0 Å². The first-order valence-corrected chi connectivity index (χ1v) is 24.3. The van der Waals surface area contributed by atoms with Crippen molar-refractivity contribution in [1.82, 2.24) is 30.6 Å². The molecule has 0 saturated heterocycles. The zero-order chi connectivity index (χ0) is 48.4. The van der Waals surface area contributed by atoms with Crippen molar-refractivity contribution in [1.29, 1.82) is 0 Å². The number of ether oxygens (including phenoxy) is 2. The first kappa shape index (κ1) is 51.7. The number of hydrogen-bond donors (Lipinski definition) is 1. The maximum Gasteiger partial charge on any atom is 0.573 e. The number of amides is 1. The van der Waals surface area contributed by atoms with Gasteiger partial charge in [-0.3, -0.25) is 14.2 Å². The summed E-state index contributed by atoms with van der Waals surface area (Å²) < 4.78 is 108.